The van der Waals surface area contributed by atoms with Gasteiger partial charge in [0.2, 0.25) is 0 Å². The van der Waals surface area contributed by atoms with E-state index in [1.807, 2.05) is 18.2 Å². The largest absolute Gasteiger partial charge is 0.384 e. The lowest BCUT2D eigenvalue weighted by atomic mass is 10.1. The van der Waals surface area contributed by atoms with Gasteiger partial charge in [-0.2, -0.15) is 5.26 Å². The minimum atomic E-state index is 0.694. The zero-order chi connectivity index (χ0) is 12.1. The Morgan fingerprint density at radius 2 is 2.29 bits per heavy atom. The van der Waals surface area contributed by atoms with Gasteiger partial charge < -0.3 is 5.32 Å². The lowest BCUT2D eigenvalue weighted by molar-refractivity contribution is 0.863. The molecule has 1 aromatic carbocycles. The number of nitriles is 1. The van der Waals surface area contributed by atoms with Crippen LogP contribution in [0.5, 0.6) is 0 Å². The first kappa shape index (κ1) is 12.2. The molecule has 1 aromatic rings. The minimum Gasteiger partial charge on any atom is -0.384 e. The molecule has 17 heavy (non-hydrogen) atoms. The highest BCUT2D eigenvalue weighted by Gasteiger charge is 2.05. The lowest BCUT2D eigenvalue weighted by Gasteiger charge is -2.08. The number of rotatable bonds is 4. The van der Waals surface area contributed by atoms with Gasteiger partial charge >= 0.3 is 0 Å². The second-order valence-electron chi connectivity index (χ2n) is 4.23. The number of hydrogen-bond donors (Lipinski definition) is 1. The van der Waals surface area contributed by atoms with Crippen molar-refractivity contribution in [1.82, 2.24) is 0 Å². The summed E-state index contributed by atoms with van der Waals surface area (Å²) in [6.45, 7) is 0.905. The first-order valence-corrected chi connectivity index (χ1v) is 6.70. The van der Waals surface area contributed by atoms with Crippen molar-refractivity contribution in [2.24, 2.45) is 0 Å². The Kier molecular flexibility index (Phi) is 4.22. The summed E-state index contributed by atoms with van der Waals surface area (Å²) in [5, 5.41) is 12.4. The van der Waals surface area contributed by atoms with Gasteiger partial charge in [0.15, 0.2) is 0 Å². The molecule has 0 unspecified atom stereocenters. The Balaban J connectivity index is 1.92. The predicted molar refractivity (Wildman–Crippen MR) is 73.9 cm³/mol. The molecule has 1 N–H and O–H groups in total. The number of nitrogens with one attached hydrogen (secondary N) is 1. The van der Waals surface area contributed by atoms with Crippen molar-refractivity contribution in [1.29, 1.82) is 5.26 Å². The third kappa shape index (κ3) is 3.34. The van der Waals surface area contributed by atoms with Crippen LogP contribution in [-0.4, -0.2) is 6.54 Å². The van der Waals surface area contributed by atoms with E-state index in [0.29, 0.717) is 5.56 Å². The van der Waals surface area contributed by atoms with Gasteiger partial charge in [0.05, 0.1) is 11.3 Å². The van der Waals surface area contributed by atoms with E-state index in [-0.39, 0.29) is 0 Å². The number of hydrogen-bond acceptors (Lipinski definition) is 2. The Morgan fingerprint density at radius 1 is 1.41 bits per heavy atom. The molecule has 0 aliphatic heterocycles. The van der Waals surface area contributed by atoms with E-state index >= 15 is 0 Å². The fourth-order valence-corrected chi connectivity index (χ4v) is 2.45. The van der Waals surface area contributed by atoms with Gasteiger partial charge in [-0.15, -0.1) is 0 Å². The van der Waals surface area contributed by atoms with E-state index in [0.717, 1.165) is 23.1 Å². The zero-order valence-electron chi connectivity index (χ0n) is 9.67. The SMILES string of the molecule is N#Cc1cc(Br)ccc1NCCC1=CCCC1. The lowest BCUT2D eigenvalue weighted by Crippen LogP contribution is -2.03. The molecule has 0 aromatic heterocycles. The normalized spacial score (nSPS) is 14.2. The highest BCUT2D eigenvalue weighted by Crippen LogP contribution is 2.22. The van der Waals surface area contributed by atoms with Crippen molar-refractivity contribution in [2.45, 2.75) is 25.7 Å². The van der Waals surface area contributed by atoms with Gasteiger partial charge in [-0.3, -0.25) is 0 Å². The molecule has 0 fully saturated rings. The first-order chi connectivity index (χ1) is 8.29. The van der Waals surface area contributed by atoms with Crippen molar-refractivity contribution in [3.05, 3.63) is 39.9 Å². The Morgan fingerprint density at radius 3 is 3.00 bits per heavy atom. The fraction of sp³-hybridized carbons (Fsp3) is 0.357. The number of nitrogens with zero attached hydrogens (tertiary/aromatic N) is 1. The monoisotopic (exact) mass is 290 g/mol. The van der Waals surface area contributed by atoms with E-state index in [1.54, 1.807) is 5.57 Å². The maximum absolute atomic E-state index is 9.03. The third-order valence-corrected chi connectivity index (χ3v) is 3.49. The van der Waals surface area contributed by atoms with Gasteiger partial charge in [-0.1, -0.05) is 27.6 Å². The smallest absolute Gasteiger partial charge is 0.101 e. The maximum atomic E-state index is 9.03. The van der Waals surface area contributed by atoms with Gasteiger partial charge in [0.1, 0.15) is 6.07 Å². The van der Waals surface area contributed by atoms with Crippen LogP contribution >= 0.6 is 15.9 Å². The summed E-state index contributed by atoms with van der Waals surface area (Å²) in [5.41, 5.74) is 3.17. The van der Waals surface area contributed by atoms with E-state index in [4.69, 9.17) is 5.26 Å². The van der Waals surface area contributed by atoms with Crippen LogP contribution < -0.4 is 5.32 Å². The van der Waals surface area contributed by atoms with E-state index < -0.39 is 0 Å². The summed E-state index contributed by atoms with van der Waals surface area (Å²) in [7, 11) is 0. The summed E-state index contributed by atoms with van der Waals surface area (Å²) < 4.78 is 0.943. The molecule has 1 aliphatic rings. The molecule has 2 nitrogen and oxygen atoms in total. The Hall–Kier alpha value is -1.27. The van der Waals surface area contributed by atoms with Gasteiger partial charge in [-0.25, -0.2) is 0 Å². The van der Waals surface area contributed by atoms with Crippen LogP contribution in [0, 0.1) is 11.3 Å². The van der Waals surface area contributed by atoms with Crippen LogP contribution in [0.3, 0.4) is 0 Å². The topological polar surface area (TPSA) is 35.8 Å². The van der Waals surface area contributed by atoms with Crippen LogP contribution in [0.25, 0.3) is 0 Å². The van der Waals surface area contributed by atoms with E-state index in [9.17, 15) is 0 Å². The van der Waals surface area contributed by atoms with Crippen LogP contribution in [0.2, 0.25) is 0 Å². The maximum Gasteiger partial charge on any atom is 0.101 e. The standard InChI is InChI=1S/C14H15BrN2/c15-13-5-6-14(12(9-13)10-16)17-8-7-11-3-1-2-4-11/h3,5-6,9,17H,1-2,4,7-8H2. The summed E-state index contributed by atoms with van der Waals surface area (Å²) in [6, 6.07) is 7.96. The molecule has 0 saturated heterocycles. The number of allylic oxidation sites excluding steroid dienone is 1. The molecule has 2 rings (SSSR count). The van der Waals surface area contributed by atoms with Gasteiger partial charge in [0, 0.05) is 11.0 Å². The quantitative estimate of drug-likeness (QED) is 0.842. The molecule has 0 bridgehead atoms. The van der Waals surface area contributed by atoms with Crippen LogP contribution in [0.15, 0.2) is 34.3 Å². The number of benzene rings is 1. The third-order valence-electron chi connectivity index (χ3n) is 3.00. The van der Waals surface area contributed by atoms with E-state index in [2.05, 4.69) is 33.4 Å². The average molecular weight is 291 g/mol. The molecule has 0 saturated carbocycles. The summed E-state index contributed by atoms with van der Waals surface area (Å²) in [6.07, 6.45) is 7.21. The summed E-state index contributed by atoms with van der Waals surface area (Å²) >= 11 is 3.37. The van der Waals surface area contributed by atoms with Crippen LogP contribution in [0.1, 0.15) is 31.2 Å². The first-order valence-electron chi connectivity index (χ1n) is 5.91. The van der Waals surface area contributed by atoms with Gasteiger partial charge in [-0.05, 0) is 43.9 Å². The summed E-state index contributed by atoms with van der Waals surface area (Å²) in [4.78, 5) is 0. The van der Waals surface area contributed by atoms with E-state index in [1.165, 1.54) is 19.3 Å². The number of anilines is 1. The highest BCUT2D eigenvalue weighted by atomic mass is 79.9. The predicted octanol–water partition coefficient (Wildman–Crippen LogP) is 4.23. The van der Waals surface area contributed by atoms with Crippen LogP contribution in [0.4, 0.5) is 5.69 Å². The molecular weight excluding hydrogens is 276 g/mol. The second kappa shape index (κ2) is 5.88. The minimum absolute atomic E-state index is 0.694. The van der Waals surface area contributed by atoms with Crippen molar-refractivity contribution in [3.63, 3.8) is 0 Å². The van der Waals surface area contributed by atoms with Crippen molar-refractivity contribution in [2.75, 3.05) is 11.9 Å². The van der Waals surface area contributed by atoms with Crippen molar-refractivity contribution >= 4 is 21.6 Å². The molecular formula is C14H15BrN2. The summed E-state index contributed by atoms with van der Waals surface area (Å²) in [5.74, 6) is 0. The second-order valence-corrected chi connectivity index (χ2v) is 5.15. The molecule has 88 valence electrons. The molecule has 0 radical (unpaired) electrons. The molecule has 0 heterocycles. The molecule has 3 heteroatoms. The Bertz CT molecular complexity index is 472. The zero-order valence-corrected chi connectivity index (χ0v) is 11.3. The molecule has 0 amide bonds. The van der Waals surface area contributed by atoms with Crippen molar-refractivity contribution in [3.8, 4) is 6.07 Å². The molecule has 0 spiro atoms. The van der Waals surface area contributed by atoms with Crippen molar-refractivity contribution < 1.29 is 0 Å². The molecule has 0 atom stereocenters. The van der Waals surface area contributed by atoms with Gasteiger partial charge in [0.25, 0.3) is 0 Å². The number of halogens is 1. The average Bonchev–Trinajstić information content (AvgIpc) is 2.84. The Labute approximate surface area is 110 Å². The molecule has 1 aliphatic carbocycles. The highest BCUT2D eigenvalue weighted by molar-refractivity contribution is 9.10. The van der Waals surface area contributed by atoms with Crippen LogP contribution in [-0.2, 0) is 0 Å². The fourth-order valence-electron chi connectivity index (χ4n) is 2.09.